The second kappa shape index (κ2) is 4.14. The van der Waals surface area contributed by atoms with Crippen LogP contribution in [-0.4, -0.2) is 17.0 Å². The van der Waals surface area contributed by atoms with E-state index in [0.717, 1.165) is 0 Å². The van der Waals surface area contributed by atoms with E-state index in [1.54, 1.807) is 19.2 Å². The van der Waals surface area contributed by atoms with Crippen LogP contribution in [-0.2, 0) is 0 Å². The van der Waals surface area contributed by atoms with Gasteiger partial charge >= 0.3 is 0 Å². The van der Waals surface area contributed by atoms with E-state index in [1.165, 1.54) is 18.3 Å². The average Bonchev–Trinajstić information content (AvgIpc) is 2.30. The molecule has 2 rings (SSSR count). The first-order valence-corrected chi connectivity index (χ1v) is 4.73. The number of hydrogen-bond acceptors (Lipinski definition) is 3. The Morgan fingerprint density at radius 3 is 2.56 bits per heavy atom. The molecule has 0 unspecified atom stereocenters. The fourth-order valence-corrected chi connectivity index (χ4v) is 1.33. The Bertz CT molecular complexity index is 548. The van der Waals surface area contributed by atoms with E-state index in [-0.39, 0.29) is 11.4 Å². The molecule has 0 bridgehead atoms. The summed E-state index contributed by atoms with van der Waals surface area (Å²) in [6.45, 7) is 0. The lowest BCUT2D eigenvalue weighted by molar-refractivity contribution is 0.628. The van der Waals surface area contributed by atoms with Crippen molar-refractivity contribution in [2.45, 2.75) is 0 Å². The average molecular weight is 219 g/mol. The fourth-order valence-electron chi connectivity index (χ4n) is 1.33. The molecule has 2 N–H and O–H groups in total. The second-order valence-electron chi connectivity index (χ2n) is 3.23. The number of aromatic amines is 1. The molecule has 0 amide bonds. The summed E-state index contributed by atoms with van der Waals surface area (Å²) < 4.78 is 12.7. The van der Waals surface area contributed by atoms with Crippen molar-refractivity contribution in [3.63, 3.8) is 0 Å². The van der Waals surface area contributed by atoms with E-state index in [9.17, 15) is 9.18 Å². The Morgan fingerprint density at radius 1 is 1.31 bits per heavy atom. The van der Waals surface area contributed by atoms with Gasteiger partial charge in [-0.3, -0.25) is 4.79 Å². The van der Waals surface area contributed by atoms with Crippen LogP contribution in [0.25, 0.3) is 11.4 Å². The molecule has 0 radical (unpaired) electrons. The maximum Gasteiger partial charge on any atom is 0.274 e. The highest BCUT2D eigenvalue weighted by atomic mass is 19.1. The first-order valence-electron chi connectivity index (χ1n) is 4.73. The third-order valence-electron chi connectivity index (χ3n) is 2.19. The van der Waals surface area contributed by atoms with Crippen molar-refractivity contribution in [3.8, 4) is 11.4 Å². The molecule has 0 aliphatic rings. The molecule has 1 heterocycles. The molecule has 82 valence electrons. The fraction of sp³-hybridized carbons (Fsp3) is 0.0909. The molecule has 0 aliphatic carbocycles. The van der Waals surface area contributed by atoms with Gasteiger partial charge in [0, 0.05) is 12.6 Å². The van der Waals surface area contributed by atoms with Gasteiger partial charge in [0.1, 0.15) is 17.3 Å². The normalized spacial score (nSPS) is 10.1. The molecule has 0 aliphatic heterocycles. The summed E-state index contributed by atoms with van der Waals surface area (Å²) in [5.41, 5.74) is 0.809. The third-order valence-corrected chi connectivity index (χ3v) is 2.19. The van der Waals surface area contributed by atoms with Crippen molar-refractivity contribution in [2.24, 2.45) is 0 Å². The highest BCUT2D eigenvalue weighted by Crippen LogP contribution is 2.13. The van der Waals surface area contributed by atoms with Crippen LogP contribution in [0.4, 0.5) is 10.1 Å². The Morgan fingerprint density at radius 2 is 2.00 bits per heavy atom. The topological polar surface area (TPSA) is 57.8 Å². The number of aromatic nitrogens is 2. The first-order chi connectivity index (χ1) is 7.70. The van der Waals surface area contributed by atoms with Gasteiger partial charge in [0.15, 0.2) is 0 Å². The molecule has 4 nitrogen and oxygen atoms in total. The predicted molar refractivity (Wildman–Crippen MR) is 59.8 cm³/mol. The zero-order chi connectivity index (χ0) is 11.5. The van der Waals surface area contributed by atoms with Crippen LogP contribution >= 0.6 is 0 Å². The molecule has 1 aromatic carbocycles. The molecule has 5 heteroatoms. The number of anilines is 1. The summed E-state index contributed by atoms with van der Waals surface area (Å²) in [6.07, 6.45) is 1.44. The van der Waals surface area contributed by atoms with Gasteiger partial charge in [-0.15, -0.1) is 0 Å². The van der Waals surface area contributed by atoms with E-state index < -0.39 is 0 Å². The van der Waals surface area contributed by atoms with Crippen LogP contribution in [0.1, 0.15) is 0 Å². The minimum absolute atomic E-state index is 0.253. The van der Waals surface area contributed by atoms with Crippen LogP contribution in [0.2, 0.25) is 0 Å². The van der Waals surface area contributed by atoms with Crippen molar-refractivity contribution < 1.29 is 4.39 Å². The maximum atomic E-state index is 12.7. The Labute approximate surface area is 91.2 Å². The molecular formula is C11H10FN3O. The van der Waals surface area contributed by atoms with Crippen molar-refractivity contribution in [1.29, 1.82) is 0 Å². The minimum Gasteiger partial charge on any atom is -0.382 e. The Kier molecular flexibility index (Phi) is 2.68. The summed E-state index contributed by atoms with van der Waals surface area (Å²) >= 11 is 0. The molecule has 0 saturated heterocycles. The number of H-pyrrole nitrogens is 1. The second-order valence-corrected chi connectivity index (χ2v) is 3.23. The zero-order valence-corrected chi connectivity index (χ0v) is 8.62. The Balaban J connectivity index is 2.45. The van der Waals surface area contributed by atoms with Gasteiger partial charge < -0.3 is 10.3 Å². The third kappa shape index (κ3) is 1.93. The quantitative estimate of drug-likeness (QED) is 0.806. The van der Waals surface area contributed by atoms with Gasteiger partial charge in [0.25, 0.3) is 5.56 Å². The SMILES string of the molecule is CNc1cnc(-c2ccc(F)cc2)[nH]c1=O. The van der Waals surface area contributed by atoms with E-state index in [0.29, 0.717) is 17.1 Å². The van der Waals surface area contributed by atoms with Crippen LogP contribution < -0.4 is 10.9 Å². The van der Waals surface area contributed by atoms with Crippen LogP contribution in [0.5, 0.6) is 0 Å². The van der Waals surface area contributed by atoms with Gasteiger partial charge in [-0.25, -0.2) is 9.37 Å². The molecule has 0 saturated carbocycles. The van der Waals surface area contributed by atoms with Crippen LogP contribution in [0.15, 0.2) is 35.3 Å². The number of rotatable bonds is 2. The van der Waals surface area contributed by atoms with Gasteiger partial charge in [0.05, 0.1) is 6.20 Å². The summed E-state index contributed by atoms with van der Waals surface area (Å²) in [7, 11) is 1.64. The van der Waals surface area contributed by atoms with Gasteiger partial charge in [-0.1, -0.05) is 0 Å². The lowest BCUT2D eigenvalue weighted by atomic mass is 10.2. The smallest absolute Gasteiger partial charge is 0.274 e. The van der Waals surface area contributed by atoms with Gasteiger partial charge in [-0.2, -0.15) is 0 Å². The highest BCUT2D eigenvalue weighted by Gasteiger charge is 2.03. The summed E-state index contributed by atoms with van der Waals surface area (Å²) in [5, 5.41) is 2.72. The summed E-state index contributed by atoms with van der Waals surface area (Å²) in [5.74, 6) is 0.0990. The lowest BCUT2D eigenvalue weighted by Crippen LogP contribution is -2.13. The predicted octanol–water partition coefficient (Wildman–Crippen LogP) is 1.62. The molecule has 0 atom stereocenters. The minimum atomic E-state index is -0.321. The van der Waals surface area contributed by atoms with Crippen molar-refractivity contribution in [3.05, 3.63) is 46.6 Å². The largest absolute Gasteiger partial charge is 0.382 e. The van der Waals surface area contributed by atoms with E-state index in [1.807, 2.05) is 0 Å². The first kappa shape index (κ1) is 10.4. The number of nitrogens with zero attached hydrogens (tertiary/aromatic N) is 1. The summed E-state index contributed by atoms with van der Waals surface area (Å²) in [4.78, 5) is 18.2. The van der Waals surface area contributed by atoms with E-state index in [2.05, 4.69) is 15.3 Å². The van der Waals surface area contributed by atoms with Crippen LogP contribution in [0.3, 0.4) is 0 Å². The summed E-state index contributed by atoms with van der Waals surface area (Å²) in [6, 6.07) is 5.77. The molecule has 0 fully saturated rings. The van der Waals surface area contributed by atoms with Gasteiger partial charge in [-0.05, 0) is 24.3 Å². The number of nitrogens with one attached hydrogen (secondary N) is 2. The number of halogens is 1. The van der Waals surface area contributed by atoms with E-state index >= 15 is 0 Å². The van der Waals surface area contributed by atoms with Gasteiger partial charge in [0.2, 0.25) is 0 Å². The number of hydrogen-bond donors (Lipinski definition) is 2. The molecular weight excluding hydrogens is 209 g/mol. The van der Waals surface area contributed by atoms with Crippen LogP contribution in [0, 0.1) is 5.82 Å². The Hall–Kier alpha value is -2.17. The van der Waals surface area contributed by atoms with Crippen molar-refractivity contribution >= 4 is 5.69 Å². The standard InChI is InChI=1S/C11H10FN3O/c1-13-9-6-14-10(15-11(9)16)7-2-4-8(12)5-3-7/h2-6,13H,1H3,(H,14,15,16). The van der Waals surface area contributed by atoms with E-state index in [4.69, 9.17) is 0 Å². The molecule has 1 aromatic heterocycles. The monoisotopic (exact) mass is 219 g/mol. The number of benzene rings is 1. The van der Waals surface area contributed by atoms with Crippen molar-refractivity contribution in [1.82, 2.24) is 9.97 Å². The zero-order valence-electron chi connectivity index (χ0n) is 8.62. The molecule has 0 spiro atoms. The maximum absolute atomic E-state index is 12.7. The molecule has 2 aromatic rings. The van der Waals surface area contributed by atoms with Crippen molar-refractivity contribution in [2.75, 3.05) is 12.4 Å². The lowest BCUT2D eigenvalue weighted by Gasteiger charge is -2.02. The molecule has 16 heavy (non-hydrogen) atoms. The highest BCUT2D eigenvalue weighted by molar-refractivity contribution is 5.55.